The zero-order valence-corrected chi connectivity index (χ0v) is 14.5. The smallest absolute Gasteiger partial charge is 0.252 e. The van der Waals surface area contributed by atoms with Crippen molar-refractivity contribution in [1.82, 2.24) is 15.3 Å². The van der Waals surface area contributed by atoms with E-state index in [4.69, 9.17) is 5.73 Å². The van der Waals surface area contributed by atoms with Crippen molar-refractivity contribution in [2.24, 2.45) is 5.73 Å². The number of hydrogen-bond acceptors (Lipinski definition) is 3. The van der Waals surface area contributed by atoms with E-state index in [-0.39, 0.29) is 5.91 Å². The van der Waals surface area contributed by atoms with E-state index < -0.39 is 11.9 Å². The SMILES string of the molecule is NC(=O)[C@@H](Cc1c[nH]c2ccccc12)NC(=O)c1ccnc2ccccc12. The molecule has 0 saturated carbocycles. The van der Waals surface area contributed by atoms with Gasteiger partial charge in [-0.25, -0.2) is 0 Å². The molecule has 134 valence electrons. The van der Waals surface area contributed by atoms with Crippen LogP contribution in [0.5, 0.6) is 0 Å². The number of nitrogens with two attached hydrogens (primary N) is 1. The summed E-state index contributed by atoms with van der Waals surface area (Å²) in [5.41, 5.74) is 8.64. The van der Waals surface area contributed by atoms with Crippen LogP contribution in [-0.2, 0) is 11.2 Å². The molecule has 27 heavy (non-hydrogen) atoms. The van der Waals surface area contributed by atoms with E-state index in [2.05, 4.69) is 15.3 Å². The first-order chi connectivity index (χ1) is 13.1. The van der Waals surface area contributed by atoms with Gasteiger partial charge in [-0.15, -0.1) is 0 Å². The topological polar surface area (TPSA) is 101 Å². The molecular weight excluding hydrogens is 340 g/mol. The van der Waals surface area contributed by atoms with Crippen LogP contribution in [0.25, 0.3) is 21.8 Å². The second kappa shape index (κ2) is 6.92. The molecule has 0 unspecified atom stereocenters. The minimum absolute atomic E-state index is 0.314. The van der Waals surface area contributed by atoms with E-state index in [0.717, 1.165) is 27.4 Å². The Balaban J connectivity index is 1.61. The molecule has 4 N–H and O–H groups in total. The highest BCUT2D eigenvalue weighted by molar-refractivity contribution is 6.07. The number of nitrogens with zero attached hydrogens (tertiary/aromatic N) is 1. The lowest BCUT2D eigenvalue weighted by Gasteiger charge is -2.16. The fourth-order valence-corrected chi connectivity index (χ4v) is 3.27. The van der Waals surface area contributed by atoms with E-state index in [0.29, 0.717) is 12.0 Å². The number of fused-ring (bicyclic) bond motifs is 2. The standard InChI is InChI=1S/C21H18N4O2/c22-20(26)19(11-13-12-24-17-7-3-1-5-14(13)17)25-21(27)16-9-10-23-18-8-4-2-6-15(16)18/h1-10,12,19,24H,11H2,(H2,22,26)(H,25,27)/t19-/m1/s1. The van der Waals surface area contributed by atoms with Gasteiger partial charge in [-0.1, -0.05) is 36.4 Å². The number of nitrogens with one attached hydrogen (secondary N) is 2. The normalized spacial score (nSPS) is 12.1. The number of carbonyl (C=O) groups excluding carboxylic acids is 2. The van der Waals surface area contributed by atoms with Crippen LogP contribution >= 0.6 is 0 Å². The first-order valence-corrected chi connectivity index (χ1v) is 8.62. The lowest BCUT2D eigenvalue weighted by atomic mass is 10.0. The second-order valence-electron chi connectivity index (χ2n) is 6.37. The van der Waals surface area contributed by atoms with Gasteiger partial charge in [0.2, 0.25) is 5.91 Å². The van der Waals surface area contributed by atoms with Gasteiger partial charge >= 0.3 is 0 Å². The van der Waals surface area contributed by atoms with Crippen molar-refractivity contribution in [3.05, 3.63) is 78.1 Å². The van der Waals surface area contributed by atoms with Gasteiger partial charge in [0.1, 0.15) is 6.04 Å². The summed E-state index contributed by atoms with van der Waals surface area (Å²) in [4.78, 5) is 32.2. The summed E-state index contributed by atoms with van der Waals surface area (Å²) in [5, 5.41) is 4.51. The number of H-pyrrole nitrogens is 1. The number of aromatic amines is 1. The van der Waals surface area contributed by atoms with Crippen molar-refractivity contribution in [3.63, 3.8) is 0 Å². The molecule has 0 aliphatic rings. The fourth-order valence-electron chi connectivity index (χ4n) is 3.27. The highest BCUT2D eigenvalue weighted by Gasteiger charge is 2.22. The predicted octanol–water partition coefficient (Wildman–Crippen LogP) is 2.54. The molecule has 6 nitrogen and oxygen atoms in total. The van der Waals surface area contributed by atoms with Gasteiger partial charge in [-0.3, -0.25) is 14.6 Å². The zero-order chi connectivity index (χ0) is 18.8. The Morgan fingerprint density at radius 3 is 2.59 bits per heavy atom. The number of hydrogen-bond donors (Lipinski definition) is 3. The Labute approximate surface area is 155 Å². The van der Waals surface area contributed by atoms with Gasteiger partial charge in [0.05, 0.1) is 11.1 Å². The van der Waals surface area contributed by atoms with Gasteiger partial charge in [0.15, 0.2) is 0 Å². The zero-order valence-electron chi connectivity index (χ0n) is 14.5. The van der Waals surface area contributed by atoms with Crippen LogP contribution in [0.1, 0.15) is 15.9 Å². The van der Waals surface area contributed by atoms with Crippen LogP contribution in [0.3, 0.4) is 0 Å². The maximum Gasteiger partial charge on any atom is 0.252 e. The molecule has 4 aromatic rings. The highest BCUT2D eigenvalue weighted by Crippen LogP contribution is 2.20. The van der Waals surface area contributed by atoms with Crippen molar-refractivity contribution in [2.75, 3.05) is 0 Å². The Morgan fingerprint density at radius 1 is 1.04 bits per heavy atom. The van der Waals surface area contributed by atoms with E-state index >= 15 is 0 Å². The van der Waals surface area contributed by atoms with Crippen molar-refractivity contribution in [3.8, 4) is 0 Å². The number of benzene rings is 2. The summed E-state index contributed by atoms with van der Waals surface area (Å²) < 4.78 is 0. The lowest BCUT2D eigenvalue weighted by molar-refractivity contribution is -0.119. The minimum atomic E-state index is -0.816. The number of pyridine rings is 1. The molecule has 0 radical (unpaired) electrons. The van der Waals surface area contributed by atoms with E-state index in [9.17, 15) is 9.59 Å². The van der Waals surface area contributed by atoms with Gasteiger partial charge in [0, 0.05) is 35.1 Å². The quantitative estimate of drug-likeness (QED) is 0.511. The number of rotatable bonds is 5. The van der Waals surface area contributed by atoms with Crippen molar-refractivity contribution >= 4 is 33.6 Å². The molecule has 0 fully saturated rings. The van der Waals surface area contributed by atoms with Crippen LogP contribution in [0.4, 0.5) is 0 Å². The Morgan fingerprint density at radius 2 is 1.78 bits per heavy atom. The molecule has 2 heterocycles. The first-order valence-electron chi connectivity index (χ1n) is 8.62. The van der Waals surface area contributed by atoms with Crippen molar-refractivity contribution in [2.45, 2.75) is 12.5 Å². The summed E-state index contributed by atoms with van der Waals surface area (Å²) in [7, 11) is 0. The molecule has 2 aromatic carbocycles. The monoisotopic (exact) mass is 358 g/mol. The Hall–Kier alpha value is -3.67. The summed E-state index contributed by atoms with van der Waals surface area (Å²) in [6, 6.07) is 16.0. The molecule has 0 aliphatic heterocycles. The van der Waals surface area contributed by atoms with Crippen LogP contribution in [0.2, 0.25) is 0 Å². The number of primary amides is 1. The molecule has 6 heteroatoms. The predicted molar refractivity (Wildman–Crippen MR) is 104 cm³/mol. The van der Waals surface area contributed by atoms with Gasteiger partial charge in [-0.2, -0.15) is 0 Å². The third kappa shape index (κ3) is 3.25. The number of aromatic nitrogens is 2. The first kappa shape index (κ1) is 16.8. The fraction of sp³-hybridized carbons (Fsp3) is 0.0952. The minimum Gasteiger partial charge on any atom is -0.368 e. The number of amides is 2. The molecule has 4 rings (SSSR count). The van der Waals surface area contributed by atoms with E-state index in [1.807, 2.05) is 54.7 Å². The molecular formula is C21H18N4O2. The van der Waals surface area contributed by atoms with Crippen LogP contribution in [0.15, 0.2) is 67.0 Å². The molecule has 0 spiro atoms. The van der Waals surface area contributed by atoms with Crippen LogP contribution in [0, 0.1) is 0 Å². The summed E-state index contributed by atoms with van der Waals surface area (Å²) >= 11 is 0. The van der Waals surface area contributed by atoms with E-state index in [1.165, 1.54) is 0 Å². The average molecular weight is 358 g/mol. The molecule has 0 aliphatic carbocycles. The summed E-state index contributed by atoms with van der Waals surface area (Å²) in [6.07, 6.45) is 3.74. The Kier molecular flexibility index (Phi) is 4.30. The molecule has 0 bridgehead atoms. The lowest BCUT2D eigenvalue weighted by Crippen LogP contribution is -2.45. The molecule has 0 saturated heterocycles. The third-order valence-corrected chi connectivity index (χ3v) is 4.64. The molecule has 2 aromatic heterocycles. The summed E-state index contributed by atoms with van der Waals surface area (Å²) in [5.74, 6) is -0.927. The van der Waals surface area contributed by atoms with Crippen molar-refractivity contribution in [1.29, 1.82) is 0 Å². The van der Waals surface area contributed by atoms with Crippen molar-refractivity contribution < 1.29 is 9.59 Å². The maximum atomic E-state index is 12.8. The second-order valence-corrected chi connectivity index (χ2v) is 6.37. The third-order valence-electron chi connectivity index (χ3n) is 4.64. The Bertz CT molecular complexity index is 1140. The largest absolute Gasteiger partial charge is 0.368 e. The average Bonchev–Trinajstić information content (AvgIpc) is 3.10. The molecule has 2 amide bonds. The number of para-hydroxylation sites is 2. The van der Waals surface area contributed by atoms with Gasteiger partial charge < -0.3 is 16.0 Å². The highest BCUT2D eigenvalue weighted by atomic mass is 16.2. The van der Waals surface area contributed by atoms with Gasteiger partial charge in [-0.05, 0) is 23.8 Å². The summed E-state index contributed by atoms with van der Waals surface area (Å²) in [6.45, 7) is 0. The maximum absolute atomic E-state index is 12.8. The molecule has 1 atom stereocenters. The van der Waals surface area contributed by atoms with Gasteiger partial charge in [0.25, 0.3) is 5.91 Å². The number of carbonyl (C=O) groups is 2. The van der Waals surface area contributed by atoms with E-state index in [1.54, 1.807) is 12.3 Å². The van der Waals surface area contributed by atoms with Crippen LogP contribution in [-0.4, -0.2) is 27.8 Å². The van der Waals surface area contributed by atoms with Crippen LogP contribution < -0.4 is 11.1 Å².